The van der Waals surface area contributed by atoms with Crippen molar-refractivity contribution in [3.63, 3.8) is 0 Å². The SMILES string of the molecule is CC(Oc1cccc2ccccc12)C(=O)Nc1ccccc1-c1cn2c(n1)SCC2. The number of carbonyl (C=O) groups is 1. The zero-order chi connectivity index (χ0) is 20.5. The van der Waals surface area contributed by atoms with Crippen molar-refractivity contribution in [2.24, 2.45) is 0 Å². The van der Waals surface area contributed by atoms with E-state index in [2.05, 4.69) is 16.1 Å². The van der Waals surface area contributed by atoms with Gasteiger partial charge in [-0.25, -0.2) is 4.98 Å². The third-order valence-corrected chi connectivity index (χ3v) is 6.16. The van der Waals surface area contributed by atoms with E-state index in [1.165, 1.54) is 0 Å². The number of aromatic nitrogens is 2. The van der Waals surface area contributed by atoms with E-state index < -0.39 is 6.10 Å². The third-order valence-electron chi connectivity index (χ3n) is 5.19. The molecule has 0 radical (unpaired) electrons. The second kappa shape index (κ2) is 7.88. The normalized spacial score (nSPS) is 13.8. The van der Waals surface area contributed by atoms with Crippen LogP contribution in [0.2, 0.25) is 0 Å². The van der Waals surface area contributed by atoms with E-state index in [1.807, 2.05) is 66.7 Å². The number of benzene rings is 3. The molecule has 5 rings (SSSR count). The highest BCUT2D eigenvalue weighted by atomic mass is 32.2. The molecular formula is C24H21N3O2S. The Morgan fingerprint density at radius 2 is 1.90 bits per heavy atom. The summed E-state index contributed by atoms with van der Waals surface area (Å²) in [4.78, 5) is 17.6. The van der Waals surface area contributed by atoms with Crippen LogP contribution in [0.25, 0.3) is 22.0 Å². The maximum Gasteiger partial charge on any atom is 0.265 e. The Hall–Kier alpha value is -3.25. The number of thioether (sulfide) groups is 1. The fraction of sp³-hybridized carbons (Fsp3) is 0.167. The molecule has 2 heterocycles. The molecule has 5 nitrogen and oxygen atoms in total. The first-order valence-electron chi connectivity index (χ1n) is 9.94. The smallest absolute Gasteiger partial charge is 0.265 e. The van der Waals surface area contributed by atoms with Gasteiger partial charge in [0.25, 0.3) is 5.91 Å². The standard InChI is InChI=1S/C24H21N3O2S/c1-16(29-22-12-6-8-17-7-2-3-9-18(17)22)23(28)25-20-11-5-4-10-19(20)21-15-27-13-14-30-24(27)26-21/h2-12,15-16H,13-14H2,1H3,(H,25,28). The van der Waals surface area contributed by atoms with E-state index in [0.29, 0.717) is 5.75 Å². The number of fused-ring (bicyclic) bond motifs is 2. The Labute approximate surface area is 179 Å². The lowest BCUT2D eigenvalue weighted by Crippen LogP contribution is -2.30. The molecule has 4 aromatic rings. The number of carbonyl (C=O) groups excluding carboxylic acids is 1. The summed E-state index contributed by atoms with van der Waals surface area (Å²) in [6, 6.07) is 21.6. The zero-order valence-corrected chi connectivity index (χ0v) is 17.4. The van der Waals surface area contributed by atoms with E-state index in [-0.39, 0.29) is 5.91 Å². The molecule has 1 unspecified atom stereocenters. The van der Waals surface area contributed by atoms with Gasteiger partial charge in [-0.3, -0.25) is 4.79 Å². The minimum atomic E-state index is -0.647. The lowest BCUT2D eigenvalue weighted by molar-refractivity contribution is -0.122. The van der Waals surface area contributed by atoms with Crippen molar-refractivity contribution in [1.29, 1.82) is 0 Å². The number of imidazole rings is 1. The average molecular weight is 416 g/mol. The van der Waals surface area contributed by atoms with Crippen LogP contribution in [0, 0.1) is 0 Å². The Bertz CT molecular complexity index is 1210. The molecule has 6 heteroatoms. The summed E-state index contributed by atoms with van der Waals surface area (Å²) in [5.41, 5.74) is 2.51. The van der Waals surface area contributed by atoms with E-state index in [9.17, 15) is 4.79 Å². The predicted octanol–water partition coefficient (Wildman–Crippen LogP) is 5.22. The monoisotopic (exact) mass is 415 g/mol. The minimum absolute atomic E-state index is 0.198. The Kier molecular flexibility index (Phi) is 4.93. The summed E-state index contributed by atoms with van der Waals surface area (Å²) in [6.07, 6.45) is 1.41. The number of hydrogen-bond donors (Lipinski definition) is 1. The van der Waals surface area contributed by atoms with E-state index in [1.54, 1.807) is 18.7 Å². The third kappa shape index (κ3) is 3.55. The number of hydrogen-bond acceptors (Lipinski definition) is 4. The van der Waals surface area contributed by atoms with E-state index in [4.69, 9.17) is 9.72 Å². The molecule has 1 aromatic heterocycles. The van der Waals surface area contributed by atoms with Gasteiger partial charge in [-0.15, -0.1) is 0 Å². The second-order valence-corrected chi connectivity index (χ2v) is 8.28. The molecule has 0 spiro atoms. The molecule has 1 aliphatic heterocycles. The number of amides is 1. The second-order valence-electron chi connectivity index (χ2n) is 7.22. The molecular weight excluding hydrogens is 394 g/mol. The summed E-state index contributed by atoms with van der Waals surface area (Å²) in [5, 5.41) is 6.12. The molecule has 0 bridgehead atoms. The molecule has 3 aromatic carbocycles. The Morgan fingerprint density at radius 1 is 1.10 bits per heavy atom. The zero-order valence-electron chi connectivity index (χ0n) is 16.5. The fourth-order valence-electron chi connectivity index (χ4n) is 3.63. The van der Waals surface area contributed by atoms with Crippen LogP contribution in [-0.4, -0.2) is 27.3 Å². The van der Waals surface area contributed by atoms with Crippen LogP contribution >= 0.6 is 11.8 Å². The number of ether oxygens (including phenoxy) is 1. The molecule has 0 fully saturated rings. The largest absolute Gasteiger partial charge is 0.480 e. The molecule has 1 aliphatic rings. The van der Waals surface area contributed by atoms with Crippen LogP contribution in [0.1, 0.15) is 6.92 Å². The summed E-state index contributed by atoms with van der Waals surface area (Å²) in [6.45, 7) is 2.74. The van der Waals surface area contributed by atoms with Crippen LogP contribution in [0.4, 0.5) is 5.69 Å². The Morgan fingerprint density at radius 3 is 2.80 bits per heavy atom. The molecule has 30 heavy (non-hydrogen) atoms. The van der Waals surface area contributed by atoms with Crippen molar-refractivity contribution in [2.75, 3.05) is 11.1 Å². The van der Waals surface area contributed by atoms with Gasteiger partial charge in [-0.05, 0) is 24.4 Å². The highest BCUT2D eigenvalue weighted by molar-refractivity contribution is 7.99. The summed E-state index contributed by atoms with van der Waals surface area (Å²) in [5.74, 6) is 1.56. The van der Waals surface area contributed by atoms with Gasteiger partial charge in [0.1, 0.15) is 5.75 Å². The average Bonchev–Trinajstić information content (AvgIpc) is 3.37. The summed E-state index contributed by atoms with van der Waals surface area (Å²) in [7, 11) is 0. The van der Waals surface area contributed by atoms with Crippen molar-refractivity contribution in [3.8, 4) is 17.0 Å². The first-order valence-corrected chi connectivity index (χ1v) is 10.9. The molecule has 1 N–H and O–H groups in total. The minimum Gasteiger partial charge on any atom is -0.480 e. The van der Waals surface area contributed by atoms with Crippen molar-refractivity contribution in [2.45, 2.75) is 24.7 Å². The van der Waals surface area contributed by atoms with E-state index >= 15 is 0 Å². The number of rotatable bonds is 5. The highest BCUT2D eigenvalue weighted by Gasteiger charge is 2.20. The molecule has 1 atom stereocenters. The highest BCUT2D eigenvalue weighted by Crippen LogP contribution is 2.33. The van der Waals surface area contributed by atoms with Crippen LogP contribution in [-0.2, 0) is 11.3 Å². The van der Waals surface area contributed by atoms with Crippen LogP contribution < -0.4 is 10.1 Å². The van der Waals surface area contributed by atoms with Gasteiger partial charge in [0.2, 0.25) is 0 Å². The van der Waals surface area contributed by atoms with Gasteiger partial charge < -0.3 is 14.6 Å². The van der Waals surface area contributed by atoms with Crippen LogP contribution in [0.3, 0.4) is 0 Å². The molecule has 1 amide bonds. The first-order chi connectivity index (χ1) is 14.7. The van der Waals surface area contributed by atoms with Crippen molar-refractivity contribution in [3.05, 3.63) is 72.9 Å². The number of anilines is 1. The predicted molar refractivity (Wildman–Crippen MR) is 121 cm³/mol. The van der Waals surface area contributed by atoms with Gasteiger partial charge >= 0.3 is 0 Å². The van der Waals surface area contributed by atoms with Gasteiger partial charge in [0, 0.05) is 29.4 Å². The summed E-state index contributed by atoms with van der Waals surface area (Å²) < 4.78 is 8.18. The lowest BCUT2D eigenvalue weighted by Gasteiger charge is -2.17. The molecule has 0 saturated heterocycles. The fourth-order valence-corrected chi connectivity index (χ4v) is 4.57. The molecule has 0 aliphatic carbocycles. The maximum absolute atomic E-state index is 12.9. The topological polar surface area (TPSA) is 56.1 Å². The quantitative estimate of drug-likeness (QED) is 0.486. The van der Waals surface area contributed by atoms with Crippen LogP contribution in [0.5, 0.6) is 5.75 Å². The van der Waals surface area contributed by atoms with Crippen LogP contribution in [0.15, 0.2) is 78.1 Å². The van der Waals surface area contributed by atoms with Crippen molar-refractivity contribution < 1.29 is 9.53 Å². The number of nitrogens with zero attached hydrogens (tertiary/aromatic N) is 2. The lowest BCUT2D eigenvalue weighted by atomic mass is 10.1. The number of aryl methyl sites for hydroxylation is 1. The Balaban J connectivity index is 1.36. The first kappa shape index (κ1) is 18.8. The van der Waals surface area contributed by atoms with Gasteiger partial charge in [-0.1, -0.05) is 66.4 Å². The molecule has 150 valence electrons. The van der Waals surface area contributed by atoms with Crippen molar-refractivity contribution >= 4 is 34.1 Å². The maximum atomic E-state index is 12.9. The van der Waals surface area contributed by atoms with Gasteiger partial charge in [0.15, 0.2) is 11.3 Å². The van der Waals surface area contributed by atoms with Crippen molar-refractivity contribution in [1.82, 2.24) is 9.55 Å². The summed E-state index contributed by atoms with van der Waals surface area (Å²) >= 11 is 1.75. The van der Waals surface area contributed by atoms with E-state index in [0.717, 1.165) is 45.2 Å². The number of para-hydroxylation sites is 1. The number of nitrogens with one attached hydrogen (secondary N) is 1. The van der Waals surface area contributed by atoms with Gasteiger partial charge in [0.05, 0.1) is 11.4 Å². The van der Waals surface area contributed by atoms with Gasteiger partial charge in [-0.2, -0.15) is 0 Å². The molecule has 0 saturated carbocycles.